The Morgan fingerprint density at radius 1 is 0.362 bits per heavy atom. The fourth-order valence-electron chi connectivity index (χ4n) is 7.60. The van der Waals surface area contributed by atoms with E-state index in [0.717, 1.165) is 38.4 Å². The van der Waals surface area contributed by atoms with Gasteiger partial charge >= 0.3 is 0 Å². The van der Waals surface area contributed by atoms with Crippen LogP contribution in [0, 0.1) is 0 Å². The van der Waals surface area contributed by atoms with Crippen molar-refractivity contribution in [1.29, 1.82) is 0 Å². The van der Waals surface area contributed by atoms with E-state index in [4.69, 9.17) is 9.40 Å². The van der Waals surface area contributed by atoms with Gasteiger partial charge in [0.05, 0.1) is 10.9 Å². The van der Waals surface area contributed by atoms with Gasteiger partial charge in [0.25, 0.3) is 0 Å². The molecule has 10 aromatic rings. The summed E-state index contributed by atoms with van der Waals surface area (Å²) in [5.74, 6) is 0. The van der Waals surface area contributed by atoms with Crippen LogP contribution in [0.2, 0.25) is 0 Å². The van der Waals surface area contributed by atoms with Crippen molar-refractivity contribution >= 4 is 65.3 Å². The van der Waals surface area contributed by atoms with Crippen molar-refractivity contribution in [3.63, 3.8) is 0 Å². The fraction of sp³-hybridized carbons (Fsp3) is 0. The van der Waals surface area contributed by atoms with Crippen molar-refractivity contribution in [2.24, 2.45) is 0 Å². The predicted molar refractivity (Wildman–Crippen MR) is 198 cm³/mol. The molecule has 47 heavy (non-hydrogen) atoms. The van der Waals surface area contributed by atoms with Gasteiger partial charge in [-0.2, -0.15) is 0 Å². The normalized spacial score (nSPS) is 11.8. The molecule has 2 aromatic heterocycles. The number of pyridine rings is 1. The van der Waals surface area contributed by atoms with Crippen LogP contribution in [-0.2, 0) is 0 Å². The second-order valence-electron chi connectivity index (χ2n) is 12.3. The Kier molecular flexibility index (Phi) is 5.61. The first kappa shape index (κ1) is 26.0. The van der Waals surface area contributed by atoms with Gasteiger partial charge < -0.3 is 4.42 Å². The molecule has 0 amide bonds. The summed E-state index contributed by atoms with van der Waals surface area (Å²) in [5, 5.41) is 10.7. The molecular weight excluding hydrogens is 571 g/mol. The molecular formula is C45H27NO. The zero-order valence-electron chi connectivity index (χ0n) is 25.4. The summed E-state index contributed by atoms with van der Waals surface area (Å²) in [6, 6.07) is 58.8. The van der Waals surface area contributed by atoms with Gasteiger partial charge in [0.15, 0.2) is 0 Å². The van der Waals surface area contributed by atoms with Crippen molar-refractivity contribution in [3.8, 4) is 33.4 Å². The lowest BCUT2D eigenvalue weighted by molar-refractivity contribution is 0.656. The molecule has 0 aliphatic rings. The van der Waals surface area contributed by atoms with Crippen LogP contribution < -0.4 is 0 Å². The first-order valence-electron chi connectivity index (χ1n) is 16.1. The molecule has 0 aliphatic carbocycles. The van der Waals surface area contributed by atoms with E-state index in [1.54, 1.807) is 0 Å². The summed E-state index contributed by atoms with van der Waals surface area (Å²) in [6.45, 7) is 0. The summed E-state index contributed by atoms with van der Waals surface area (Å²) in [7, 11) is 0. The van der Waals surface area contributed by atoms with Crippen LogP contribution in [0.5, 0.6) is 0 Å². The van der Waals surface area contributed by atoms with Crippen molar-refractivity contribution < 1.29 is 4.42 Å². The molecule has 0 saturated heterocycles. The average molecular weight is 598 g/mol. The molecule has 218 valence electrons. The lowest BCUT2D eigenvalue weighted by atomic mass is 9.85. The van der Waals surface area contributed by atoms with Crippen molar-refractivity contribution in [2.75, 3.05) is 0 Å². The Hall–Kier alpha value is -6.25. The first-order chi connectivity index (χ1) is 23.3. The lowest BCUT2D eigenvalue weighted by Gasteiger charge is -2.18. The summed E-state index contributed by atoms with van der Waals surface area (Å²) in [6.07, 6.45) is 0. The zero-order valence-corrected chi connectivity index (χ0v) is 25.4. The standard InChI is InChI=1S/C45H27NO/c1-2-13-29-26-32(25-24-28(29)12-1)42-35-18-5-3-16-33(35)41(34-17-4-6-19-36(34)42)30-14-11-15-31(27-30)43-37-20-7-9-22-39(37)46-45-44(43)38-21-8-10-23-40(38)47-45/h1-27H. The van der Waals surface area contributed by atoms with Crippen LogP contribution in [0.1, 0.15) is 0 Å². The van der Waals surface area contributed by atoms with Gasteiger partial charge in [-0.15, -0.1) is 0 Å². The Labute approximate surface area is 271 Å². The maximum atomic E-state index is 6.32. The molecule has 0 fully saturated rings. The summed E-state index contributed by atoms with van der Waals surface area (Å²) >= 11 is 0. The van der Waals surface area contributed by atoms with Gasteiger partial charge in [-0.3, -0.25) is 0 Å². The minimum absolute atomic E-state index is 0.668. The molecule has 0 N–H and O–H groups in total. The molecule has 8 aromatic carbocycles. The highest BCUT2D eigenvalue weighted by Gasteiger charge is 2.20. The van der Waals surface area contributed by atoms with Crippen molar-refractivity contribution in [2.45, 2.75) is 0 Å². The third-order valence-corrected chi connectivity index (χ3v) is 9.63. The largest absolute Gasteiger partial charge is 0.438 e. The highest BCUT2D eigenvalue weighted by molar-refractivity contribution is 6.23. The van der Waals surface area contributed by atoms with Crippen LogP contribution in [0.25, 0.3) is 98.7 Å². The van der Waals surface area contributed by atoms with Gasteiger partial charge in [-0.05, 0) is 84.4 Å². The van der Waals surface area contributed by atoms with Crippen molar-refractivity contribution in [1.82, 2.24) is 4.98 Å². The number of nitrogens with zero attached hydrogens (tertiary/aromatic N) is 1. The molecule has 0 unspecified atom stereocenters. The van der Waals surface area contributed by atoms with Crippen LogP contribution in [0.3, 0.4) is 0 Å². The molecule has 2 heteroatoms. The molecule has 0 saturated carbocycles. The second kappa shape index (κ2) is 10.1. The van der Waals surface area contributed by atoms with Gasteiger partial charge in [0, 0.05) is 16.3 Å². The minimum atomic E-state index is 0.668. The Bertz CT molecular complexity index is 2800. The highest BCUT2D eigenvalue weighted by atomic mass is 16.3. The molecule has 0 aliphatic heterocycles. The smallest absolute Gasteiger partial charge is 0.228 e. The van der Waals surface area contributed by atoms with E-state index >= 15 is 0 Å². The van der Waals surface area contributed by atoms with Crippen LogP contribution in [-0.4, -0.2) is 4.98 Å². The van der Waals surface area contributed by atoms with Gasteiger partial charge in [0.2, 0.25) is 5.71 Å². The zero-order chi connectivity index (χ0) is 30.9. The molecule has 0 spiro atoms. The topological polar surface area (TPSA) is 26.0 Å². The predicted octanol–water partition coefficient (Wildman–Crippen LogP) is 12.6. The number of hydrogen-bond donors (Lipinski definition) is 0. The Morgan fingerprint density at radius 3 is 1.60 bits per heavy atom. The van der Waals surface area contributed by atoms with Crippen LogP contribution in [0.15, 0.2) is 168 Å². The number of benzene rings is 8. The van der Waals surface area contributed by atoms with E-state index in [9.17, 15) is 0 Å². The molecule has 0 atom stereocenters. The van der Waals surface area contributed by atoms with E-state index in [1.807, 2.05) is 18.2 Å². The van der Waals surface area contributed by atoms with Gasteiger partial charge in [0.1, 0.15) is 5.58 Å². The number of para-hydroxylation sites is 2. The third kappa shape index (κ3) is 3.95. The number of fused-ring (bicyclic) bond motifs is 7. The molecule has 0 radical (unpaired) electrons. The molecule has 2 heterocycles. The number of furan rings is 1. The highest BCUT2D eigenvalue weighted by Crippen LogP contribution is 2.46. The third-order valence-electron chi connectivity index (χ3n) is 9.63. The van der Waals surface area contributed by atoms with E-state index < -0.39 is 0 Å². The van der Waals surface area contributed by atoms with Gasteiger partial charge in [-0.1, -0.05) is 140 Å². The summed E-state index contributed by atoms with van der Waals surface area (Å²) in [4.78, 5) is 4.95. The molecule has 0 bridgehead atoms. The Balaban J connectivity index is 1.28. The van der Waals surface area contributed by atoms with E-state index in [0.29, 0.717) is 5.71 Å². The quantitative estimate of drug-likeness (QED) is 0.189. The minimum Gasteiger partial charge on any atom is -0.438 e. The van der Waals surface area contributed by atoms with E-state index in [1.165, 1.54) is 54.6 Å². The first-order valence-corrected chi connectivity index (χ1v) is 16.1. The fourth-order valence-corrected chi connectivity index (χ4v) is 7.60. The van der Waals surface area contributed by atoms with Crippen molar-refractivity contribution in [3.05, 3.63) is 164 Å². The second-order valence-corrected chi connectivity index (χ2v) is 12.3. The molecule has 10 rings (SSSR count). The molecule has 2 nitrogen and oxygen atoms in total. The van der Waals surface area contributed by atoms with Crippen LogP contribution in [0.4, 0.5) is 0 Å². The number of aromatic nitrogens is 1. The Morgan fingerprint density at radius 2 is 0.894 bits per heavy atom. The lowest BCUT2D eigenvalue weighted by Crippen LogP contribution is -1.92. The monoisotopic (exact) mass is 597 g/mol. The summed E-state index contributed by atoms with van der Waals surface area (Å²) < 4.78 is 6.32. The van der Waals surface area contributed by atoms with Gasteiger partial charge in [-0.25, -0.2) is 4.98 Å². The average Bonchev–Trinajstić information content (AvgIpc) is 3.50. The number of hydrogen-bond acceptors (Lipinski definition) is 2. The summed E-state index contributed by atoms with van der Waals surface area (Å²) in [5.41, 5.74) is 9.67. The SMILES string of the molecule is c1cc(-c2c3ccccc3c(-c3ccc4ccccc4c3)c3ccccc23)cc(-c2c3ccccc3nc3oc4ccccc4c23)c1. The van der Waals surface area contributed by atoms with E-state index in [-0.39, 0.29) is 0 Å². The van der Waals surface area contributed by atoms with E-state index in [2.05, 4.69) is 146 Å². The maximum absolute atomic E-state index is 6.32. The number of rotatable bonds is 3. The van der Waals surface area contributed by atoms with Crippen LogP contribution >= 0.6 is 0 Å². The maximum Gasteiger partial charge on any atom is 0.228 e.